The van der Waals surface area contributed by atoms with Crippen molar-refractivity contribution in [3.8, 4) is 16.8 Å². The molecule has 0 saturated heterocycles. The van der Waals surface area contributed by atoms with Gasteiger partial charge in [-0.1, -0.05) is 60.7 Å². The van der Waals surface area contributed by atoms with E-state index in [1.165, 1.54) is 41.0 Å². The fourth-order valence-electron chi connectivity index (χ4n) is 5.03. The number of rotatable bonds is 10. The molecule has 1 unspecified atom stereocenters. The van der Waals surface area contributed by atoms with E-state index >= 15 is 0 Å². The smallest absolute Gasteiger partial charge is 0.269 e. The number of hydrogen-bond donors (Lipinski definition) is 0. The van der Waals surface area contributed by atoms with E-state index in [0.29, 0.717) is 12.3 Å². The molecule has 5 aromatic rings. The summed E-state index contributed by atoms with van der Waals surface area (Å²) in [7, 11) is 0. The fraction of sp³-hybridized carbons (Fsp3) is 0.206. The summed E-state index contributed by atoms with van der Waals surface area (Å²) >= 11 is 0. The maximum absolute atomic E-state index is 14.8. The molecule has 0 N–H and O–H groups in total. The molecule has 5 rings (SSSR count). The first-order chi connectivity index (χ1) is 20.4. The van der Waals surface area contributed by atoms with E-state index in [-0.39, 0.29) is 42.2 Å². The van der Waals surface area contributed by atoms with Crippen molar-refractivity contribution in [1.29, 1.82) is 0 Å². The van der Waals surface area contributed by atoms with Gasteiger partial charge >= 0.3 is 0 Å². The van der Waals surface area contributed by atoms with Crippen molar-refractivity contribution in [2.24, 2.45) is 0 Å². The minimum absolute atomic E-state index is 0.120. The summed E-state index contributed by atoms with van der Waals surface area (Å²) in [6, 6.07) is 26.6. The Morgan fingerprint density at radius 3 is 2.29 bits per heavy atom. The van der Waals surface area contributed by atoms with Gasteiger partial charge < -0.3 is 9.64 Å². The standard InChI is InChI=1S/C34H31F2N3O3/c1-3-42-21-20-38(31(40)22-24-12-14-26(15-13-24)25-8-5-4-6-9-25)23(2)33-37-30-11-7-10-29(36)32(30)34(41)39(33)28-18-16-27(35)17-19-28/h4-19,23H,3,20-22H2,1-2H3. The summed E-state index contributed by atoms with van der Waals surface area (Å²) in [4.78, 5) is 33.8. The average Bonchev–Trinajstić information content (AvgIpc) is 3.00. The number of carbonyl (C=O) groups is 1. The fourth-order valence-corrected chi connectivity index (χ4v) is 5.03. The van der Waals surface area contributed by atoms with Crippen molar-refractivity contribution in [2.45, 2.75) is 26.3 Å². The lowest BCUT2D eigenvalue weighted by atomic mass is 10.0. The van der Waals surface area contributed by atoms with Crippen LogP contribution in [0.1, 0.15) is 31.3 Å². The normalized spacial score (nSPS) is 11.9. The summed E-state index contributed by atoms with van der Waals surface area (Å²) < 4.78 is 35.4. The Kier molecular flexibility index (Phi) is 8.83. The van der Waals surface area contributed by atoms with Crippen LogP contribution in [0.3, 0.4) is 0 Å². The Morgan fingerprint density at radius 1 is 0.905 bits per heavy atom. The van der Waals surface area contributed by atoms with Gasteiger partial charge in [-0.05, 0) is 66.9 Å². The van der Waals surface area contributed by atoms with Crippen LogP contribution in [-0.2, 0) is 16.0 Å². The van der Waals surface area contributed by atoms with Gasteiger partial charge in [0.2, 0.25) is 5.91 Å². The molecule has 0 saturated carbocycles. The van der Waals surface area contributed by atoms with E-state index < -0.39 is 23.2 Å². The van der Waals surface area contributed by atoms with Crippen molar-refractivity contribution in [3.05, 3.63) is 130 Å². The van der Waals surface area contributed by atoms with Crippen molar-refractivity contribution in [1.82, 2.24) is 14.5 Å². The number of carbonyl (C=O) groups excluding carboxylic acids is 1. The van der Waals surface area contributed by atoms with E-state index in [4.69, 9.17) is 4.74 Å². The first kappa shape index (κ1) is 28.8. The van der Waals surface area contributed by atoms with Gasteiger partial charge in [0, 0.05) is 13.2 Å². The van der Waals surface area contributed by atoms with Crippen molar-refractivity contribution in [2.75, 3.05) is 19.8 Å². The number of aromatic nitrogens is 2. The van der Waals surface area contributed by atoms with Crippen LogP contribution in [0, 0.1) is 11.6 Å². The van der Waals surface area contributed by atoms with Gasteiger partial charge in [-0.2, -0.15) is 0 Å². The van der Waals surface area contributed by atoms with E-state index in [2.05, 4.69) is 4.98 Å². The van der Waals surface area contributed by atoms with Crippen LogP contribution in [-0.4, -0.2) is 40.1 Å². The number of amides is 1. The third kappa shape index (κ3) is 6.14. The summed E-state index contributed by atoms with van der Waals surface area (Å²) in [5.41, 5.74) is 2.81. The quantitative estimate of drug-likeness (QED) is 0.181. The van der Waals surface area contributed by atoms with E-state index in [1.54, 1.807) is 17.9 Å². The van der Waals surface area contributed by atoms with Gasteiger partial charge in [-0.25, -0.2) is 13.8 Å². The van der Waals surface area contributed by atoms with Gasteiger partial charge in [0.05, 0.1) is 30.3 Å². The molecule has 1 amide bonds. The second kappa shape index (κ2) is 12.9. The largest absolute Gasteiger partial charge is 0.380 e. The maximum Gasteiger partial charge on any atom is 0.269 e. The second-order valence-electron chi connectivity index (χ2n) is 9.92. The zero-order chi connectivity index (χ0) is 29.6. The van der Waals surface area contributed by atoms with Gasteiger partial charge in [-0.15, -0.1) is 0 Å². The molecule has 1 aromatic heterocycles. The van der Waals surface area contributed by atoms with Gasteiger partial charge in [-0.3, -0.25) is 14.2 Å². The number of ether oxygens (including phenoxy) is 1. The molecule has 0 aliphatic carbocycles. The predicted octanol–water partition coefficient (Wildman–Crippen LogP) is 6.50. The molecule has 0 aliphatic rings. The summed E-state index contributed by atoms with van der Waals surface area (Å²) in [5, 5.41) is -0.177. The zero-order valence-electron chi connectivity index (χ0n) is 23.5. The molecular formula is C34H31F2N3O3. The first-order valence-corrected chi connectivity index (χ1v) is 13.9. The SMILES string of the molecule is CCOCCN(C(=O)Cc1ccc(-c2ccccc2)cc1)C(C)c1nc2cccc(F)c2c(=O)n1-c1ccc(F)cc1. The molecule has 0 spiro atoms. The summed E-state index contributed by atoms with van der Waals surface area (Å²) in [5.74, 6) is -1.14. The Labute approximate surface area is 242 Å². The molecule has 8 heteroatoms. The molecule has 214 valence electrons. The van der Waals surface area contributed by atoms with Crippen LogP contribution in [0.25, 0.3) is 27.7 Å². The predicted molar refractivity (Wildman–Crippen MR) is 159 cm³/mol. The van der Waals surface area contributed by atoms with Crippen LogP contribution in [0.5, 0.6) is 0 Å². The highest BCUT2D eigenvalue weighted by Crippen LogP contribution is 2.25. The van der Waals surface area contributed by atoms with Crippen molar-refractivity contribution >= 4 is 16.8 Å². The first-order valence-electron chi connectivity index (χ1n) is 13.9. The number of halogens is 2. The average molecular weight is 568 g/mol. The van der Waals surface area contributed by atoms with Crippen molar-refractivity contribution in [3.63, 3.8) is 0 Å². The molecule has 42 heavy (non-hydrogen) atoms. The van der Waals surface area contributed by atoms with Crippen LogP contribution >= 0.6 is 0 Å². The zero-order valence-corrected chi connectivity index (χ0v) is 23.5. The molecule has 6 nitrogen and oxygen atoms in total. The Hall–Kier alpha value is -4.69. The number of fused-ring (bicyclic) bond motifs is 1. The van der Waals surface area contributed by atoms with Gasteiger partial charge in [0.1, 0.15) is 22.8 Å². The highest BCUT2D eigenvalue weighted by Gasteiger charge is 2.27. The van der Waals surface area contributed by atoms with Gasteiger partial charge in [0.15, 0.2) is 0 Å². The van der Waals surface area contributed by atoms with Crippen molar-refractivity contribution < 1.29 is 18.3 Å². The summed E-state index contributed by atoms with van der Waals surface area (Å²) in [6.07, 6.45) is 0.120. The topological polar surface area (TPSA) is 64.4 Å². The minimum atomic E-state index is -0.705. The Bertz CT molecular complexity index is 1740. The van der Waals surface area contributed by atoms with Crippen LogP contribution in [0.15, 0.2) is 102 Å². The molecule has 4 aromatic carbocycles. The third-order valence-corrected chi connectivity index (χ3v) is 7.22. The monoisotopic (exact) mass is 567 g/mol. The maximum atomic E-state index is 14.8. The third-order valence-electron chi connectivity index (χ3n) is 7.22. The number of hydrogen-bond acceptors (Lipinski definition) is 4. The van der Waals surface area contributed by atoms with E-state index in [9.17, 15) is 18.4 Å². The minimum Gasteiger partial charge on any atom is -0.380 e. The Morgan fingerprint density at radius 2 is 1.60 bits per heavy atom. The van der Waals surface area contributed by atoms with Crippen LogP contribution in [0.2, 0.25) is 0 Å². The molecule has 0 bridgehead atoms. The van der Waals surface area contributed by atoms with E-state index in [0.717, 1.165) is 16.7 Å². The molecule has 0 radical (unpaired) electrons. The second-order valence-corrected chi connectivity index (χ2v) is 9.92. The lowest BCUT2D eigenvalue weighted by Crippen LogP contribution is -2.40. The van der Waals surface area contributed by atoms with Crippen LogP contribution in [0.4, 0.5) is 8.78 Å². The Balaban J connectivity index is 1.53. The molecule has 0 fully saturated rings. The highest BCUT2D eigenvalue weighted by atomic mass is 19.1. The lowest BCUT2D eigenvalue weighted by Gasteiger charge is -2.30. The number of benzene rings is 4. The molecule has 0 aliphatic heterocycles. The molecular weight excluding hydrogens is 536 g/mol. The molecule has 1 heterocycles. The summed E-state index contributed by atoms with van der Waals surface area (Å²) in [6.45, 7) is 4.65. The highest BCUT2D eigenvalue weighted by molar-refractivity contribution is 5.81. The molecule has 1 atom stereocenters. The number of nitrogens with zero attached hydrogens (tertiary/aromatic N) is 3. The lowest BCUT2D eigenvalue weighted by molar-refractivity contribution is -0.133. The van der Waals surface area contributed by atoms with Gasteiger partial charge in [0.25, 0.3) is 5.56 Å². The van der Waals surface area contributed by atoms with E-state index in [1.807, 2.05) is 61.5 Å². The van der Waals surface area contributed by atoms with Crippen LogP contribution < -0.4 is 5.56 Å².